The molecule has 0 aliphatic carbocycles. The Balaban J connectivity index is 1.86. The van der Waals surface area contributed by atoms with E-state index in [4.69, 9.17) is 0 Å². The number of nitrogens with one attached hydrogen (secondary N) is 1. The van der Waals surface area contributed by atoms with Crippen LogP contribution < -0.4 is 10.2 Å². The van der Waals surface area contributed by atoms with Gasteiger partial charge >= 0.3 is 0 Å². The third-order valence-corrected chi connectivity index (χ3v) is 4.61. The van der Waals surface area contributed by atoms with Gasteiger partial charge in [0.25, 0.3) is 0 Å². The molecule has 0 radical (unpaired) electrons. The molecule has 0 saturated carbocycles. The fraction of sp³-hybridized carbons (Fsp3) is 0.158. The molecule has 0 saturated heterocycles. The van der Waals surface area contributed by atoms with Crippen LogP contribution in [0.2, 0.25) is 0 Å². The predicted molar refractivity (Wildman–Crippen MR) is 103 cm³/mol. The van der Waals surface area contributed by atoms with Crippen molar-refractivity contribution < 1.29 is 0 Å². The molecule has 0 aliphatic rings. The highest BCUT2D eigenvalue weighted by molar-refractivity contribution is 9.10. The minimum absolute atomic E-state index is 0.587. The van der Waals surface area contributed by atoms with E-state index in [2.05, 4.69) is 68.2 Å². The van der Waals surface area contributed by atoms with E-state index in [1.807, 2.05) is 36.4 Å². The summed E-state index contributed by atoms with van der Waals surface area (Å²) in [5.41, 5.74) is 3.25. The Morgan fingerprint density at radius 3 is 2.58 bits per heavy atom. The molecule has 0 spiro atoms. The number of hydrogen-bond acceptors (Lipinski definition) is 4. The molecule has 24 heavy (non-hydrogen) atoms. The molecule has 0 fully saturated rings. The van der Waals surface area contributed by atoms with Crippen LogP contribution in [0.1, 0.15) is 12.5 Å². The Bertz CT molecular complexity index is 821. The molecule has 0 unspecified atom stereocenters. The summed E-state index contributed by atoms with van der Waals surface area (Å²) in [6, 6.07) is 18.2. The van der Waals surface area contributed by atoms with Crippen LogP contribution in [-0.4, -0.2) is 16.5 Å². The Hall–Kier alpha value is -2.40. The highest BCUT2D eigenvalue weighted by atomic mass is 79.9. The smallest absolute Gasteiger partial charge is 0.229 e. The summed E-state index contributed by atoms with van der Waals surface area (Å²) in [6.07, 6.45) is 1.78. The molecule has 2 aromatic carbocycles. The monoisotopic (exact) mass is 382 g/mol. The lowest BCUT2D eigenvalue weighted by atomic mass is 10.2. The number of halogens is 1. The van der Waals surface area contributed by atoms with E-state index in [0.29, 0.717) is 5.95 Å². The largest absolute Gasteiger partial charge is 0.327 e. The number of aromatic nitrogens is 2. The molecule has 1 heterocycles. The summed E-state index contributed by atoms with van der Waals surface area (Å²) in [5, 5.41) is 3.27. The van der Waals surface area contributed by atoms with Gasteiger partial charge in [0, 0.05) is 28.6 Å². The maximum atomic E-state index is 4.66. The van der Waals surface area contributed by atoms with Crippen LogP contribution in [-0.2, 0) is 0 Å². The third kappa shape index (κ3) is 3.74. The van der Waals surface area contributed by atoms with E-state index in [9.17, 15) is 0 Å². The number of aryl methyl sites for hydroxylation is 1. The van der Waals surface area contributed by atoms with Gasteiger partial charge in [0.05, 0.1) is 0 Å². The lowest BCUT2D eigenvalue weighted by Gasteiger charge is -2.22. The Kier molecular flexibility index (Phi) is 5.11. The van der Waals surface area contributed by atoms with Gasteiger partial charge in [0.2, 0.25) is 5.95 Å². The molecular formula is C19H19BrN4. The normalized spacial score (nSPS) is 10.5. The average Bonchev–Trinajstić information content (AvgIpc) is 2.60. The number of para-hydroxylation sites is 1. The first-order valence-electron chi connectivity index (χ1n) is 7.86. The van der Waals surface area contributed by atoms with Crippen molar-refractivity contribution in [2.45, 2.75) is 13.8 Å². The lowest BCUT2D eigenvalue weighted by molar-refractivity contribution is 0.979. The Morgan fingerprint density at radius 2 is 1.88 bits per heavy atom. The third-order valence-electron chi connectivity index (χ3n) is 3.72. The van der Waals surface area contributed by atoms with Gasteiger partial charge in [-0.1, -0.05) is 34.1 Å². The summed E-state index contributed by atoms with van der Waals surface area (Å²) >= 11 is 3.51. The topological polar surface area (TPSA) is 41.1 Å². The number of benzene rings is 2. The molecule has 4 nitrogen and oxygen atoms in total. The van der Waals surface area contributed by atoms with Crippen molar-refractivity contribution in [1.82, 2.24) is 9.97 Å². The molecule has 3 rings (SSSR count). The van der Waals surface area contributed by atoms with E-state index in [-0.39, 0.29) is 0 Å². The van der Waals surface area contributed by atoms with Gasteiger partial charge in [0.15, 0.2) is 0 Å². The fourth-order valence-electron chi connectivity index (χ4n) is 2.50. The minimum atomic E-state index is 0.587. The maximum absolute atomic E-state index is 4.66. The van der Waals surface area contributed by atoms with E-state index in [0.717, 1.165) is 33.8 Å². The van der Waals surface area contributed by atoms with Crippen molar-refractivity contribution in [3.63, 3.8) is 0 Å². The summed E-state index contributed by atoms with van der Waals surface area (Å²) < 4.78 is 1.09. The fourth-order valence-corrected chi connectivity index (χ4v) is 2.74. The van der Waals surface area contributed by atoms with E-state index in [1.54, 1.807) is 6.20 Å². The first-order chi connectivity index (χ1) is 11.7. The van der Waals surface area contributed by atoms with Gasteiger partial charge in [-0.25, -0.2) is 4.98 Å². The van der Waals surface area contributed by atoms with Crippen LogP contribution in [0.3, 0.4) is 0 Å². The molecule has 0 bridgehead atoms. The summed E-state index contributed by atoms with van der Waals surface area (Å²) in [7, 11) is 0. The van der Waals surface area contributed by atoms with Crippen LogP contribution >= 0.6 is 15.9 Å². The zero-order valence-electron chi connectivity index (χ0n) is 13.7. The highest BCUT2D eigenvalue weighted by Gasteiger charge is 2.09. The average molecular weight is 383 g/mol. The van der Waals surface area contributed by atoms with Gasteiger partial charge in [-0.2, -0.15) is 4.98 Å². The molecule has 0 atom stereocenters. The highest BCUT2D eigenvalue weighted by Crippen LogP contribution is 2.25. The Morgan fingerprint density at radius 1 is 1.08 bits per heavy atom. The lowest BCUT2D eigenvalue weighted by Crippen LogP contribution is -2.17. The van der Waals surface area contributed by atoms with Crippen LogP contribution in [0, 0.1) is 6.92 Å². The number of rotatable bonds is 5. The van der Waals surface area contributed by atoms with E-state index in [1.165, 1.54) is 0 Å². The van der Waals surface area contributed by atoms with Crippen molar-refractivity contribution in [3.8, 4) is 0 Å². The number of hydrogen-bond donors (Lipinski definition) is 1. The van der Waals surface area contributed by atoms with E-state index < -0.39 is 0 Å². The predicted octanol–water partition coefficient (Wildman–Crippen LogP) is 5.45. The quantitative estimate of drug-likeness (QED) is 0.636. The molecule has 0 amide bonds. The molecule has 122 valence electrons. The van der Waals surface area contributed by atoms with Gasteiger partial charge in [-0.3, -0.25) is 0 Å². The zero-order valence-corrected chi connectivity index (χ0v) is 15.3. The molecule has 0 aliphatic heterocycles. The van der Waals surface area contributed by atoms with E-state index >= 15 is 0 Å². The summed E-state index contributed by atoms with van der Waals surface area (Å²) in [6.45, 7) is 5.00. The van der Waals surface area contributed by atoms with Crippen molar-refractivity contribution in [2.75, 3.05) is 16.8 Å². The first kappa shape index (κ1) is 16.5. The molecular weight excluding hydrogens is 364 g/mol. The SMILES string of the molecule is CCN(c1ccccc1)c1ccnc(Nc2ccc(Br)c(C)c2)n1. The number of nitrogens with zero attached hydrogens (tertiary/aromatic N) is 3. The summed E-state index contributed by atoms with van der Waals surface area (Å²) in [5.74, 6) is 1.46. The van der Waals surface area contributed by atoms with Crippen LogP contribution in [0.25, 0.3) is 0 Å². The van der Waals surface area contributed by atoms with Gasteiger partial charge < -0.3 is 10.2 Å². The number of anilines is 4. The molecule has 5 heteroatoms. The van der Waals surface area contributed by atoms with Crippen molar-refractivity contribution in [1.29, 1.82) is 0 Å². The van der Waals surface area contributed by atoms with Crippen LogP contribution in [0.15, 0.2) is 65.3 Å². The van der Waals surface area contributed by atoms with Gasteiger partial charge in [0.1, 0.15) is 5.82 Å². The molecule has 1 aromatic heterocycles. The van der Waals surface area contributed by atoms with Gasteiger partial charge in [-0.15, -0.1) is 0 Å². The Labute approximate surface area is 150 Å². The minimum Gasteiger partial charge on any atom is -0.327 e. The zero-order chi connectivity index (χ0) is 16.9. The van der Waals surface area contributed by atoms with Gasteiger partial charge in [-0.05, 0) is 55.8 Å². The maximum Gasteiger partial charge on any atom is 0.229 e. The summed E-state index contributed by atoms with van der Waals surface area (Å²) in [4.78, 5) is 11.1. The van der Waals surface area contributed by atoms with Crippen molar-refractivity contribution in [3.05, 3.63) is 70.8 Å². The van der Waals surface area contributed by atoms with Crippen LogP contribution in [0.4, 0.5) is 23.1 Å². The first-order valence-corrected chi connectivity index (χ1v) is 8.65. The van der Waals surface area contributed by atoms with Crippen molar-refractivity contribution >= 4 is 39.1 Å². The molecule has 1 N–H and O–H groups in total. The second kappa shape index (κ2) is 7.45. The second-order valence-electron chi connectivity index (χ2n) is 5.41. The molecule has 3 aromatic rings. The standard InChI is InChI=1S/C19H19BrN4/c1-3-24(16-7-5-4-6-8-16)18-11-12-21-19(23-18)22-15-9-10-17(20)14(2)13-15/h4-13H,3H2,1-2H3,(H,21,22,23). The second-order valence-corrected chi connectivity index (χ2v) is 6.26. The van der Waals surface area contributed by atoms with Crippen molar-refractivity contribution in [2.24, 2.45) is 0 Å². The van der Waals surface area contributed by atoms with Crippen LogP contribution in [0.5, 0.6) is 0 Å².